The quantitative estimate of drug-likeness (QED) is 0.681. The topological polar surface area (TPSA) is 24.1 Å². The van der Waals surface area contributed by atoms with Gasteiger partial charge in [0.25, 0.3) is 0 Å². The minimum absolute atomic E-state index is 0.247. The second kappa shape index (κ2) is 5.86. The molecule has 0 saturated heterocycles. The number of hydrogen-bond acceptors (Lipinski definition) is 2. The van der Waals surface area contributed by atoms with Crippen LogP contribution in [0.25, 0.3) is 0 Å². The average Bonchev–Trinajstić information content (AvgIpc) is 2.15. The van der Waals surface area contributed by atoms with Crippen LogP contribution in [-0.2, 0) is 0 Å². The summed E-state index contributed by atoms with van der Waals surface area (Å²) in [6.07, 6.45) is 2.32. The zero-order valence-electron chi connectivity index (χ0n) is 11.7. The van der Waals surface area contributed by atoms with Crippen molar-refractivity contribution in [2.45, 2.75) is 78.4 Å². The Morgan fingerprint density at radius 2 is 1.40 bits per heavy atom. The molecule has 1 unspecified atom stereocenters. The summed E-state index contributed by atoms with van der Waals surface area (Å²) >= 11 is 0. The molecule has 15 heavy (non-hydrogen) atoms. The van der Waals surface area contributed by atoms with Gasteiger partial charge in [-0.05, 0) is 47.5 Å². The van der Waals surface area contributed by atoms with Crippen molar-refractivity contribution < 1.29 is 0 Å². The fourth-order valence-electron chi connectivity index (χ4n) is 1.37. The molecule has 0 saturated carbocycles. The Hall–Kier alpha value is -0.0800. The molecule has 0 aliphatic heterocycles. The predicted octanol–water partition coefficient (Wildman–Crippen LogP) is 2.93. The van der Waals surface area contributed by atoms with Crippen LogP contribution in [0.15, 0.2) is 0 Å². The van der Waals surface area contributed by atoms with E-state index in [0.29, 0.717) is 6.04 Å². The lowest BCUT2D eigenvalue weighted by Gasteiger charge is -2.32. The largest absolute Gasteiger partial charge is 0.310 e. The molecule has 2 heteroatoms. The van der Waals surface area contributed by atoms with Crippen LogP contribution in [-0.4, -0.2) is 23.7 Å². The normalized spacial score (nSPS) is 15.4. The first-order valence-electron chi connectivity index (χ1n) is 6.25. The summed E-state index contributed by atoms with van der Waals surface area (Å²) < 4.78 is 0. The molecule has 1 atom stereocenters. The zero-order chi connectivity index (χ0) is 12.1. The van der Waals surface area contributed by atoms with Crippen molar-refractivity contribution in [1.29, 1.82) is 0 Å². The molecule has 0 heterocycles. The first-order valence-corrected chi connectivity index (χ1v) is 6.25. The van der Waals surface area contributed by atoms with E-state index in [1.165, 1.54) is 0 Å². The van der Waals surface area contributed by atoms with Crippen LogP contribution in [0.1, 0.15) is 61.3 Å². The van der Waals surface area contributed by atoms with Crippen molar-refractivity contribution in [2.24, 2.45) is 0 Å². The van der Waals surface area contributed by atoms with Crippen LogP contribution < -0.4 is 10.6 Å². The fourth-order valence-corrected chi connectivity index (χ4v) is 1.37. The molecular formula is C13H30N2. The smallest absolute Gasteiger partial charge is 0.0169 e. The van der Waals surface area contributed by atoms with E-state index in [9.17, 15) is 0 Å². The maximum atomic E-state index is 3.64. The van der Waals surface area contributed by atoms with Crippen molar-refractivity contribution in [1.82, 2.24) is 10.6 Å². The van der Waals surface area contributed by atoms with Crippen LogP contribution >= 0.6 is 0 Å². The first-order chi connectivity index (χ1) is 6.72. The van der Waals surface area contributed by atoms with Crippen molar-refractivity contribution in [3.8, 4) is 0 Å². The van der Waals surface area contributed by atoms with Gasteiger partial charge in [0.15, 0.2) is 0 Å². The number of nitrogens with one attached hydrogen (secondary N) is 2. The van der Waals surface area contributed by atoms with E-state index in [-0.39, 0.29) is 11.1 Å². The van der Waals surface area contributed by atoms with Crippen molar-refractivity contribution in [2.75, 3.05) is 6.54 Å². The van der Waals surface area contributed by atoms with Gasteiger partial charge in [-0.2, -0.15) is 0 Å². The van der Waals surface area contributed by atoms with Crippen molar-refractivity contribution in [3.63, 3.8) is 0 Å². The summed E-state index contributed by atoms with van der Waals surface area (Å²) in [5.41, 5.74) is 0.504. The SMILES string of the molecule is CCC(C)(C)NCC(C)NC(C)(C)CC. The van der Waals surface area contributed by atoms with Gasteiger partial charge in [0.05, 0.1) is 0 Å². The van der Waals surface area contributed by atoms with E-state index in [1.54, 1.807) is 0 Å². The van der Waals surface area contributed by atoms with Gasteiger partial charge in [-0.3, -0.25) is 0 Å². The van der Waals surface area contributed by atoms with Gasteiger partial charge in [-0.1, -0.05) is 13.8 Å². The van der Waals surface area contributed by atoms with Crippen LogP contribution in [0.4, 0.5) is 0 Å². The highest BCUT2D eigenvalue weighted by atomic mass is 15.1. The van der Waals surface area contributed by atoms with Crippen LogP contribution in [0.3, 0.4) is 0 Å². The third-order valence-corrected chi connectivity index (χ3v) is 3.29. The molecule has 0 aliphatic rings. The van der Waals surface area contributed by atoms with Crippen LogP contribution in [0.2, 0.25) is 0 Å². The second-order valence-corrected chi connectivity index (χ2v) is 5.90. The fraction of sp³-hybridized carbons (Fsp3) is 1.00. The highest BCUT2D eigenvalue weighted by Crippen LogP contribution is 2.09. The summed E-state index contributed by atoms with van der Waals surface area (Å²) in [6, 6.07) is 0.519. The van der Waals surface area contributed by atoms with E-state index in [2.05, 4.69) is 59.1 Å². The lowest BCUT2D eigenvalue weighted by molar-refractivity contribution is 0.296. The minimum Gasteiger partial charge on any atom is -0.310 e. The maximum Gasteiger partial charge on any atom is 0.0169 e. The predicted molar refractivity (Wildman–Crippen MR) is 69.3 cm³/mol. The summed E-state index contributed by atoms with van der Waals surface area (Å²) in [6.45, 7) is 16.8. The molecule has 0 amide bonds. The van der Waals surface area contributed by atoms with Gasteiger partial charge >= 0.3 is 0 Å². The summed E-state index contributed by atoms with van der Waals surface area (Å²) in [4.78, 5) is 0. The van der Waals surface area contributed by atoms with Gasteiger partial charge in [0, 0.05) is 23.7 Å². The minimum atomic E-state index is 0.247. The van der Waals surface area contributed by atoms with Gasteiger partial charge in [-0.25, -0.2) is 0 Å². The van der Waals surface area contributed by atoms with Gasteiger partial charge in [0.1, 0.15) is 0 Å². The third-order valence-electron chi connectivity index (χ3n) is 3.29. The lowest BCUT2D eigenvalue weighted by atomic mass is 9.99. The highest BCUT2D eigenvalue weighted by molar-refractivity contribution is 4.83. The molecule has 0 bridgehead atoms. The Morgan fingerprint density at radius 1 is 0.933 bits per heavy atom. The molecule has 0 fully saturated rings. The first kappa shape index (κ1) is 14.9. The van der Waals surface area contributed by atoms with Crippen molar-refractivity contribution in [3.05, 3.63) is 0 Å². The third kappa shape index (κ3) is 6.91. The Bertz CT molecular complexity index is 173. The van der Waals surface area contributed by atoms with E-state index in [0.717, 1.165) is 19.4 Å². The van der Waals surface area contributed by atoms with E-state index < -0.39 is 0 Å². The summed E-state index contributed by atoms with van der Waals surface area (Å²) in [7, 11) is 0. The van der Waals surface area contributed by atoms with Crippen LogP contribution in [0, 0.1) is 0 Å². The summed E-state index contributed by atoms with van der Waals surface area (Å²) in [5.74, 6) is 0. The van der Waals surface area contributed by atoms with Crippen LogP contribution in [0.5, 0.6) is 0 Å². The van der Waals surface area contributed by atoms with E-state index in [1.807, 2.05) is 0 Å². The number of hydrogen-bond donors (Lipinski definition) is 2. The molecule has 2 N–H and O–H groups in total. The molecule has 0 spiro atoms. The monoisotopic (exact) mass is 214 g/mol. The maximum absolute atomic E-state index is 3.64. The van der Waals surface area contributed by atoms with E-state index in [4.69, 9.17) is 0 Å². The Morgan fingerprint density at radius 3 is 1.80 bits per heavy atom. The molecule has 92 valence electrons. The molecular weight excluding hydrogens is 184 g/mol. The lowest BCUT2D eigenvalue weighted by Crippen LogP contribution is -2.51. The standard InChI is InChI=1S/C13H30N2/c1-8-12(4,5)14-10-11(3)15-13(6,7)9-2/h11,14-15H,8-10H2,1-7H3. The van der Waals surface area contributed by atoms with Gasteiger partial charge < -0.3 is 10.6 Å². The van der Waals surface area contributed by atoms with Crippen molar-refractivity contribution >= 4 is 0 Å². The number of rotatable bonds is 7. The Labute approximate surface area is 96.2 Å². The summed E-state index contributed by atoms with van der Waals surface area (Å²) in [5, 5.41) is 7.23. The van der Waals surface area contributed by atoms with E-state index >= 15 is 0 Å². The van der Waals surface area contributed by atoms with Gasteiger partial charge in [-0.15, -0.1) is 0 Å². The molecule has 0 rings (SSSR count). The van der Waals surface area contributed by atoms with Gasteiger partial charge in [0.2, 0.25) is 0 Å². The molecule has 0 radical (unpaired) electrons. The zero-order valence-corrected chi connectivity index (χ0v) is 11.7. The Kier molecular flexibility index (Phi) is 5.82. The molecule has 0 aromatic rings. The average molecular weight is 214 g/mol. The molecule has 0 aromatic heterocycles. The molecule has 0 aliphatic carbocycles. The Balaban J connectivity index is 3.90. The second-order valence-electron chi connectivity index (χ2n) is 5.90. The molecule has 0 aromatic carbocycles. The molecule has 2 nitrogen and oxygen atoms in total. The highest BCUT2D eigenvalue weighted by Gasteiger charge is 2.19.